The predicted octanol–water partition coefficient (Wildman–Crippen LogP) is 3.90. The summed E-state index contributed by atoms with van der Waals surface area (Å²) in [5, 5.41) is 12.7. The summed E-state index contributed by atoms with van der Waals surface area (Å²) >= 11 is 0. The number of nitrogens with zero attached hydrogens (tertiary/aromatic N) is 3. The molecule has 2 heterocycles. The number of nitrogens with two attached hydrogens (primary N) is 1. The molecule has 0 aliphatic carbocycles. The third-order valence-electron chi connectivity index (χ3n) is 4.66. The molecule has 7 heteroatoms. The minimum absolute atomic E-state index is 0.0173. The van der Waals surface area contributed by atoms with Crippen LogP contribution in [0.15, 0.2) is 54.7 Å². The molecule has 4 rings (SSSR count). The number of para-hydroxylation sites is 1. The summed E-state index contributed by atoms with van der Waals surface area (Å²) in [5.74, 6) is 0.989. The van der Waals surface area contributed by atoms with E-state index < -0.39 is 0 Å². The molecule has 7 nitrogen and oxygen atoms in total. The number of hydrogen-bond donors (Lipinski definition) is 2. The largest absolute Gasteiger partial charge is 0.488 e. The monoisotopic (exact) mass is 387 g/mol. The van der Waals surface area contributed by atoms with Crippen molar-refractivity contribution in [2.75, 3.05) is 24.3 Å². The minimum Gasteiger partial charge on any atom is -0.488 e. The van der Waals surface area contributed by atoms with Gasteiger partial charge < -0.3 is 20.5 Å². The van der Waals surface area contributed by atoms with Crippen molar-refractivity contribution in [1.82, 2.24) is 9.97 Å². The first-order chi connectivity index (χ1) is 14.2. The van der Waals surface area contributed by atoms with Crippen LogP contribution in [0.4, 0.5) is 17.3 Å². The van der Waals surface area contributed by atoms with Gasteiger partial charge in [0.15, 0.2) is 0 Å². The van der Waals surface area contributed by atoms with E-state index in [1.54, 1.807) is 18.3 Å². The average molecular weight is 387 g/mol. The summed E-state index contributed by atoms with van der Waals surface area (Å²) < 4.78 is 11.6. The summed E-state index contributed by atoms with van der Waals surface area (Å²) in [5.41, 5.74) is 9.20. The SMILES string of the molecule is N#Cc1cccc(-c2ccnc(Nc3cccc(N)c3)n2)c1OC1CCOCC1. The van der Waals surface area contributed by atoms with Crippen LogP contribution in [0.5, 0.6) is 5.75 Å². The molecule has 0 bridgehead atoms. The maximum Gasteiger partial charge on any atom is 0.227 e. The molecule has 2 aromatic carbocycles. The lowest BCUT2D eigenvalue weighted by molar-refractivity contribution is 0.0257. The Labute approximate surface area is 169 Å². The molecule has 1 fully saturated rings. The van der Waals surface area contributed by atoms with Crippen LogP contribution in [0.2, 0.25) is 0 Å². The third kappa shape index (κ3) is 4.45. The number of ether oxygens (including phenoxy) is 2. The average Bonchev–Trinajstić information content (AvgIpc) is 2.75. The topological polar surface area (TPSA) is 106 Å². The lowest BCUT2D eigenvalue weighted by atomic mass is 10.1. The number of benzene rings is 2. The number of aromatic nitrogens is 2. The smallest absolute Gasteiger partial charge is 0.227 e. The predicted molar refractivity (Wildman–Crippen MR) is 111 cm³/mol. The van der Waals surface area contributed by atoms with Crippen LogP contribution < -0.4 is 15.8 Å². The first kappa shape index (κ1) is 18.7. The van der Waals surface area contributed by atoms with Crippen molar-refractivity contribution in [2.45, 2.75) is 18.9 Å². The van der Waals surface area contributed by atoms with E-state index in [0.717, 1.165) is 24.1 Å². The molecule has 3 N–H and O–H groups in total. The van der Waals surface area contributed by atoms with Crippen molar-refractivity contribution < 1.29 is 9.47 Å². The minimum atomic E-state index is 0.0173. The van der Waals surface area contributed by atoms with Crippen LogP contribution in [0.1, 0.15) is 18.4 Å². The highest BCUT2D eigenvalue weighted by molar-refractivity contribution is 5.72. The Morgan fingerprint density at radius 3 is 2.76 bits per heavy atom. The zero-order chi connectivity index (χ0) is 20.1. The van der Waals surface area contributed by atoms with E-state index in [-0.39, 0.29) is 6.10 Å². The van der Waals surface area contributed by atoms with Crippen LogP contribution in [-0.4, -0.2) is 29.3 Å². The molecule has 1 aliphatic rings. The zero-order valence-electron chi connectivity index (χ0n) is 15.8. The van der Waals surface area contributed by atoms with E-state index in [1.165, 1.54) is 0 Å². The molecule has 3 aromatic rings. The molecule has 0 unspecified atom stereocenters. The fourth-order valence-corrected chi connectivity index (χ4v) is 3.23. The number of nitrogens with one attached hydrogen (secondary N) is 1. The second-order valence-electron chi connectivity index (χ2n) is 6.74. The van der Waals surface area contributed by atoms with Gasteiger partial charge in [-0.2, -0.15) is 5.26 Å². The van der Waals surface area contributed by atoms with Gasteiger partial charge >= 0.3 is 0 Å². The Morgan fingerprint density at radius 1 is 1.14 bits per heavy atom. The Morgan fingerprint density at radius 2 is 1.97 bits per heavy atom. The lowest BCUT2D eigenvalue weighted by Gasteiger charge is -2.25. The summed E-state index contributed by atoms with van der Waals surface area (Å²) in [6, 6.07) is 16.9. The van der Waals surface area contributed by atoms with Gasteiger partial charge in [0.25, 0.3) is 0 Å². The highest BCUT2D eigenvalue weighted by Crippen LogP contribution is 2.34. The van der Waals surface area contributed by atoms with E-state index in [0.29, 0.717) is 41.9 Å². The van der Waals surface area contributed by atoms with Gasteiger partial charge in [-0.05, 0) is 36.4 Å². The summed E-state index contributed by atoms with van der Waals surface area (Å²) in [6.45, 7) is 1.33. The number of nitriles is 1. The van der Waals surface area contributed by atoms with Crippen molar-refractivity contribution in [3.05, 3.63) is 60.3 Å². The third-order valence-corrected chi connectivity index (χ3v) is 4.66. The lowest BCUT2D eigenvalue weighted by Crippen LogP contribution is -2.26. The van der Waals surface area contributed by atoms with E-state index in [2.05, 4.69) is 21.4 Å². The van der Waals surface area contributed by atoms with Crippen LogP contribution in [0.25, 0.3) is 11.3 Å². The fourth-order valence-electron chi connectivity index (χ4n) is 3.23. The number of hydrogen-bond acceptors (Lipinski definition) is 7. The number of anilines is 3. The van der Waals surface area contributed by atoms with E-state index in [4.69, 9.17) is 15.2 Å². The second-order valence-corrected chi connectivity index (χ2v) is 6.74. The van der Waals surface area contributed by atoms with Crippen molar-refractivity contribution in [3.63, 3.8) is 0 Å². The number of rotatable bonds is 5. The van der Waals surface area contributed by atoms with Gasteiger partial charge in [-0.3, -0.25) is 0 Å². The maximum absolute atomic E-state index is 9.58. The second kappa shape index (κ2) is 8.59. The van der Waals surface area contributed by atoms with Gasteiger partial charge in [-0.1, -0.05) is 12.1 Å². The molecule has 1 aliphatic heterocycles. The Hall–Kier alpha value is -3.63. The van der Waals surface area contributed by atoms with E-state index in [9.17, 15) is 5.26 Å². The van der Waals surface area contributed by atoms with Crippen LogP contribution in [0, 0.1) is 11.3 Å². The first-order valence-electron chi connectivity index (χ1n) is 9.46. The normalized spacial score (nSPS) is 14.2. The van der Waals surface area contributed by atoms with Gasteiger partial charge in [0.2, 0.25) is 5.95 Å². The zero-order valence-corrected chi connectivity index (χ0v) is 15.8. The van der Waals surface area contributed by atoms with Gasteiger partial charge in [0.05, 0.1) is 24.5 Å². The maximum atomic E-state index is 9.58. The van der Waals surface area contributed by atoms with Gasteiger partial charge in [0.1, 0.15) is 17.9 Å². The van der Waals surface area contributed by atoms with Gasteiger partial charge in [-0.15, -0.1) is 0 Å². The molecule has 1 saturated heterocycles. The summed E-state index contributed by atoms with van der Waals surface area (Å²) in [7, 11) is 0. The van der Waals surface area contributed by atoms with Gasteiger partial charge in [0, 0.05) is 36.0 Å². The molecule has 0 saturated carbocycles. The molecule has 0 amide bonds. The Bertz CT molecular complexity index is 1040. The highest BCUT2D eigenvalue weighted by Gasteiger charge is 2.20. The molecule has 0 radical (unpaired) electrons. The van der Waals surface area contributed by atoms with Crippen molar-refractivity contribution in [3.8, 4) is 23.1 Å². The molecule has 0 atom stereocenters. The molecular weight excluding hydrogens is 366 g/mol. The van der Waals surface area contributed by atoms with E-state index >= 15 is 0 Å². The van der Waals surface area contributed by atoms with E-state index in [1.807, 2.05) is 36.4 Å². The molecular formula is C22H21N5O2. The number of nitrogen functional groups attached to an aromatic ring is 1. The molecule has 29 heavy (non-hydrogen) atoms. The Kier molecular flexibility index (Phi) is 5.54. The quantitative estimate of drug-likeness (QED) is 0.640. The van der Waals surface area contributed by atoms with Crippen LogP contribution in [0.3, 0.4) is 0 Å². The van der Waals surface area contributed by atoms with Crippen molar-refractivity contribution in [1.29, 1.82) is 5.26 Å². The Balaban J connectivity index is 1.66. The molecule has 146 valence electrons. The fraction of sp³-hybridized carbons (Fsp3) is 0.227. The molecule has 1 aromatic heterocycles. The standard InChI is InChI=1S/C22H21N5O2/c23-14-15-3-1-6-19(21(15)29-18-8-11-28-12-9-18)20-7-10-25-22(27-20)26-17-5-2-4-16(24)13-17/h1-7,10,13,18H,8-9,11-12,24H2,(H,25,26,27). The van der Waals surface area contributed by atoms with Gasteiger partial charge in [-0.25, -0.2) is 9.97 Å². The van der Waals surface area contributed by atoms with Crippen molar-refractivity contribution >= 4 is 17.3 Å². The molecule has 0 spiro atoms. The highest BCUT2D eigenvalue weighted by atomic mass is 16.5. The summed E-state index contributed by atoms with van der Waals surface area (Å²) in [6.07, 6.45) is 3.29. The summed E-state index contributed by atoms with van der Waals surface area (Å²) in [4.78, 5) is 8.91. The van der Waals surface area contributed by atoms with Crippen LogP contribution >= 0.6 is 0 Å². The van der Waals surface area contributed by atoms with Crippen LogP contribution in [-0.2, 0) is 4.74 Å². The van der Waals surface area contributed by atoms with Crippen molar-refractivity contribution in [2.24, 2.45) is 0 Å². The first-order valence-corrected chi connectivity index (χ1v) is 9.46.